The number of para-hydroxylation sites is 2. The fraction of sp³-hybridized carbons (Fsp3) is 0.0667. The fourth-order valence-electron chi connectivity index (χ4n) is 1.92. The Morgan fingerprint density at radius 3 is 2.85 bits per heavy atom. The first-order valence-electron chi connectivity index (χ1n) is 6.03. The Balaban J connectivity index is 1.81. The maximum atomic E-state index is 13.9. The second-order valence-corrected chi connectivity index (χ2v) is 5.20. The van der Waals surface area contributed by atoms with Crippen LogP contribution in [-0.2, 0) is 5.75 Å². The molecule has 20 heavy (non-hydrogen) atoms. The molecule has 0 spiro atoms. The number of hydrogen-bond donors (Lipinski definition) is 1. The summed E-state index contributed by atoms with van der Waals surface area (Å²) in [5, 5.41) is 9.55. The zero-order valence-corrected chi connectivity index (χ0v) is 11.2. The first kappa shape index (κ1) is 12.7. The second-order valence-electron chi connectivity index (χ2n) is 4.24. The summed E-state index contributed by atoms with van der Waals surface area (Å²) in [4.78, 5) is 7.60. The van der Waals surface area contributed by atoms with Crippen LogP contribution in [0.25, 0.3) is 11.0 Å². The highest BCUT2D eigenvalue weighted by molar-refractivity contribution is 7.98. The Labute approximate surface area is 119 Å². The molecule has 3 rings (SSSR count). The van der Waals surface area contributed by atoms with Crippen molar-refractivity contribution in [1.82, 2.24) is 9.97 Å². The van der Waals surface area contributed by atoms with Crippen molar-refractivity contribution in [1.29, 1.82) is 5.26 Å². The lowest BCUT2D eigenvalue weighted by atomic mass is 10.1. The van der Waals surface area contributed by atoms with Crippen LogP contribution in [0.15, 0.2) is 47.6 Å². The van der Waals surface area contributed by atoms with Gasteiger partial charge in [0.05, 0.1) is 16.6 Å². The van der Waals surface area contributed by atoms with Crippen molar-refractivity contribution in [2.75, 3.05) is 0 Å². The third-order valence-corrected chi connectivity index (χ3v) is 3.85. The predicted octanol–water partition coefficient (Wildman–Crippen LogP) is 3.87. The van der Waals surface area contributed by atoms with Gasteiger partial charge in [0, 0.05) is 5.75 Å². The molecule has 0 atom stereocenters. The lowest BCUT2D eigenvalue weighted by Crippen LogP contribution is -1.92. The molecule has 2 aromatic carbocycles. The molecule has 0 saturated heterocycles. The molecule has 0 fully saturated rings. The maximum absolute atomic E-state index is 13.9. The number of nitrogens with one attached hydrogen (secondary N) is 1. The van der Waals surface area contributed by atoms with Crippen molar-refractivity contribution in [2.45, 2.75) is 10.9 Å². The lowest BCUT2D eigenvalue weighted by molar-refractivity contribution is 0.613. The quantitative estimate of drug-likeness (QED) is 0.742. The van der Waals surface area contributed by atoms with E-state index in [4.69, 9.17) is 5.26 Å². The van der Waals surface area contributed by atoms with E-state index in [0.29, 0.717) is 11.3 Å². The molecule has 98 valence electrons. The molecule has 0 saturated carbocycles. The van der Waals surface area contributed by atoms with Gasteiger partial charge in [0.25, 0.3) is 0 Å². The van der Waals surface area contributed by atoms with Crippen LogP contribution in [0.2, 0.25) is 0 Å². The van der Waals surface area contributed by atoms with Gasteiger partial charge in [0.2, 0.25) is 0 Å². The minimum Gasteiger partial charge on any atom is -0.333 e. The molecule has 0 aliphatic heterocycles. The van der Waals surface area contributed by atoms with Gasteiger partial charge in [-0.25, -0.2) is 9.37 Å². The van der Waals surface area contributed by atoms with E-state index in [2.05, 4.69) is 9.97 Å². The average molecular weight is 283 g/mol. The van der Waals surface area contributed by atoms with Crippen molar-refractivity contribution in [3.05, 3.63) is 59.4 Å². The highest BCUT2D eigenvalue weighted by Crippen LogP contribution is 2.24. The smallest absolute Gasteiger partial charge is 0.166 e. The zero-order valence-electron chi connectivity index (χ0n) is 10.4. The number of benzene rings is 2. The van der Waals surface area contributed by atoms with Crippen molar-refractivity contribution >= 4 is 22.8 Å². The Morgan fingerprint density at radius 1 is 1.20 bits per heavy atom. The Morgan fingerprint density at radius 2 is 2.05 bits per heavy atom. The minimum absolute atomic E-state index is 0.0766. The zero-order chi connectivity index (χ0) is 13.9. The summed E-state index contributed by atoms with van der Waals surface area (Å²) in [5.41, 5.74) is 2.43. The van der Waals surface area contributed by atoms with Gasteiger partial charge in [-0.3, -0.25) is 0 Å². The number of H-pyrrole nitrogens is 1. The summed E-state index contributed by atoms with van der Waals surface area (Å²) in [6.07, 6.45) is 0. The number of nitrogens with zero attached hydrogens (tertiary/aromatic N) is 2. The highest BCUT2D eigenvalue weighted by Gasteiger charge is 2.09. The van der Waals surface area contributed by atoms with Gasteiger partial charge >= 0.3 is 0 Å². The third-order valence-electron chi connectivity index (χ3n) is 2.93. The van der Waals surface area contributed by atoms with E-state index in [1.807, 2.05) is 30.3 Å². The number of imidazole rings is 1. The molecule has 0 unspecified atom stereocenters. The van der Waals surface area contributed by atoms with Gasteiger partial charge in [0.1, 0.15) is 11.9 Å². The molecule has 3 nitrogen and oxygen atoms in total. The maximum Gasteiger partial charge on any atom is 0.166 e. The minimum atomic E-state index is -0.446. The van der Waals surface area contributed by atoms with E-state index in [1.165, 1.54) is 17.8 Å². The summed E-state index contributed by atoms with van der Waals surface area (Å²) in [7, 11) is 0. The van der Waals surface area contributed by atoms with Crippen LogP contribution in [0, 0.1) is 17.1 Å². The molecule has 0 bridgehead atoms. The van der Waals surface area contributed by atoms with E-state index in [1.54, 1.807) is 12.1 Å². The molecule has 0 radical (unpaired) electrons. The van der Waals surface area contributed by atoms with Gasteiger partial charge in [0.15, 0.2) is 5.16 Å². The van der Waals surface area contributed by atoms with Crippen LogP contribution in [0.4, 0.5) is 4.39 Å². The molecule has 0 aliphatic rings. The van der Waals surface area contributed by atoms with Crippen LogP contribution >= 0.6 is 11.8 Å². The topological polar surface area (TPSA) is 52.5 Å². The van der Waals surface area contributed by atoms with E-state index in [9.17, 15) is 4.39 Å². The van der Waals surface area contributed by atoms with Gasteiger partial charge in [-0.15, -0.1) is 0 Å². The molecule has 1 N–H and O–H groups in total. The first-order valence-corrected chi connectivity index (χ1v) is 7.01. The van der Waals surface area contributed by atoms with Crippen molar-refractivity contribution in [3.8, 4) is 6.07 Å². The molecule has 1 heterocycles. The summed E-state index contributed by atoms with van der Waals surface area (Å²) >= 11 is 1.42. The van der Waals surface area contributed by atoms with E-state index < -0.39 is 5.82 Å². The number of thioether (sulfide) groups is 1. The normalized spacial score (nSPS) is 10.6. The number of nitriles is 1. The van der Waals surface area contributed by atoms with Gasteiger partial charge < -0.3 is 4.98 Å². The molecule has 0 aliphatic carbocycles. The molecule has 0 amide bonds. The molecular weight excluding hydrogens is 273 g/mol. The van der Waals surface area contributed by atoms with Gasteiger partial charge in [-0.1, -0.05) is 36.0 Å². The highest BCUT2D eigenvalue weighted by atomic mass is 32.2. The first-order chi connectivity index (χ1) is 9.78. The Kier molecular flexibility index (Phi) is 3.40. The summed E-state index contributed by atoms with van der Waals surface area (Å²) < 4.78 is 13.9. The largest absolute Gasteiger partial charge is 0.333 e. The number of fused-ring (bicyclic) bond motifs is 1. The summed E-state index contributed by atoms with van der Waals surface area (Å²) in [6.45, 7) is 0. The molecule has 3 aromatic rings. The van der Waals surface area contributed by atoms with E-state index in [-0.39, 0.29) is 5.56 Å². The predicted molar refractivity (Wildman–Crippen MR) is 76.8 cm³/mol. The van der Waals surface area contributed by atoms with Crippen LogP contribution in [0.5, 0.6) is 0 Å². The Bertz CT molecular complexity index is 771. The number of hydrogen-bond acceptors (Lipinski definition) is 3. The van der Waals surface area contributed by atoms with Gasteiger partial charge in [-0.05, 0) is 23.8 Å². The standard InChI is InChI=1S/C15H10FN3S/c16-14-10(8-17)4-3-5-11(14)9-20-15-18-12-6-1-2-7-13(12)19-15/h1-7H,9H2,(H,18,19). The van der Waals surface area contributed by atoms with E-state index >= 15 is 0 Å². The van der Waals surface area contributed by atoms with Crippen LogP contribution in [0.3, 0.4) is 0 Å². The number of rotatable bonds is 3. The van der Waals surface area contributed by atoms with Crippen LogP contribution in [-0.4, -0.2) is 9.97 Å². The van der Waals surface area contributed by atoms with Crippen LogP contribution < -0.4 is 0 Å². The number of aromatic amines is 1. The van der Waals surface area contributed by atoms with E-state index in [0.717, 1.165) is 16.2 Å². The van der Waals surface area contributed by atoms with Crippen LogP contribution in [0.1, 0.15) is 11.1 Å². The SMILES string of the molecule is N#Cc1cccc(CSc2nc3ccccc3[nH]2)c1F. The van der Waals surface area contributed by atoms with Gasteiger partial charge in [-0.2, -0.15) is 5.26 Å². The summed E-state index contributed by atoms with van der Waals surface area (Å²) in [6, 6.07) is 14.4. The number of halogens is 1. The lowest BCUT2D eigenvalue weighted by Gasteiger charge is -2.02. The molecule has 5 heteroatoms. The summed E-state index contributed by atoms with van der Waals surface area (Å²) in [5.74, 6) is -0.0140. The van der Waals surface area contributed by atoms with Crippen molar-refractivity contribution in [3.63, 3.8) is 0 Å². The average Bonchev–Trinajstić information content (AvgIpc) is 2.89. The number of aromatic nitrogens is 2. The Hall–Kier alpha value is -2.32. The third kappa shape index (κ3) is 2.38. The monoisotopic (exact) mass is 283 g/mol. The van der Waals surface area contributed by atoms with Crippen molar-refractivity contribution < 1.29 is 4.39 Å². The fourth-order valence-corrected chi connectivity index (χ4v) is 2.78. The second kappa shape index (κ2) is 5.35. The molecular formula is C15H10FN3S. The molecule has 1 aromatic heterocycles. The van der Waals surface area contributed by atoms with Crippen molar-refractivity contribution in [2.24, 2.45) is 0 Å².